The summed E-state index contributed by atoms with van der Waals surface area (Å²) in [6.07, 6.45) is 1.83. The van der Waals surface area contributed by atoms with E-state index in [2.05, 4.69) is 36.0 Å². The third-order valence-electron chi connectivity index (χ3n) is 5.40. The first-order chi connectivity index (χ1) is 13.8. The Morgan fingerprint density at radius 2 is 1.93 bits per heavy atom. The molecular formula is C21H25ClN6O. The molecule has 1 spiro atoms. The first kappa shape index (κ1) is 18.6. The highest BCUT2D eigenvalue weighted by atomic mass is 35.5. The van der Waals surface area contributed by atoms with Gasteiger partial charge in [0.25, 0.3) is 0 Å². The summed E-state index contributed by atoms with van der Waals surface area (Å²) in [5.74, 6) is 1.50. The zero-order valence-corrected chi connectivity index (χ0v) is 17.7. The lowest BCUT2D eigenvalue weighted by Gasteiger charge is -2.55. The van der Waals surface area contributed by atoms with Gasteiger partial charge < -0.3 is 19.5 Å². The molecule has 3 aromatic rings. The van der Waals surface area contributed by atoms with Gasteiger partial charge in [-0.15, -0.1) is 0 Å². The fourth-order valence-corrected chi connectivity index (χ4v) is 4.15. The van der Waals surface area contributed by atoms with Crippen molar-refractivity contribution in [2.45, 2.75) is 32.9 Å². The minimum atomic E-state index is -0.142. The van der Waals surface area contributed by atoms with E-state index in [4.69, 9.17) is 26.3 Å². The maximum absolute atomic E-state index is 6.38. The number of hydrogen-bond donors (Lipinski definition) is 1. The average Bonchev–Trinajstić information content (AvgIpc) is 2.96. The Balaban J connectivity index is 1.54. The van der Waals surface area contributed by atoms with E-state index in [0.29, 0.717) is 17.9 Å². The van der Waals surface area contributed by atoms with Gasteiger partial charge in [0, 0.05) is 23.7 Å². The molecule has 2 aliphatic heterocycles. The molecule has 0 radical (unpaired) electrons. The number of halogens is 1. The minimum absolute atomic E-state index is 0.142. The summed E-state index contributed by atoms with van der Waals surface area (Å²) < 4.78 is 7.46. The van der Waals surface area contributed by atoms with Crippen molar-refractivity contribution < 1.29 is 4.74 Å². The van der Waals surface area contributed by atoms with Crippen molar-refractivity contribution in [3.63, 3.8) is 0 Å². The van der Waals surface area contributed by atoms with Gasteiger partial charge in [0.15, 0.2) is 17.0 Å². The predicted molar refractivity (Wildman–Crippen MR) is 115 cm³/mol. The van der Waals surface area contributed by atoms with Crippen molar-refractivity contribution in [3.05, 3.63) is 41.2 Å². The Morgan fingerprint density at radius 1 is 1.17 bits per heavy atom. The highest BCUT2D eigenvalue weighted by molar-refractivity contribution is 6.31. The lowest BCUT2D eigenvalue weighted by molar-refractivity contribution is -0.127. The van der Waals surface area contributed by atoms with Gasteiger partial charge in [0.1, 0.15) is 0 Å². The lowest BCUT2D eigenvalue weighted by Crippen LogP contribution is -2.66. The third-order valence-corrected chi connectivity index (χ3v) is 5.77. The number of rotatable bonds is 4. The third kappa shape index (κ3) is 3.42. The fraction of sp³-hybridized carbons (Fsp3) is 0.476. The molecule has 2 aliphatic rings. The van der Waals surface area contributed by atoms with Crippen LogP contribution in [0, 0.1) is 5.41 Å². The summed E-state index contributed by atoms with van der Waals surface area (Å²) in [5.41, 5.74) is 2.83. The summed E-state index contributed by atoms with van der Waals surface area (Å²) in [6.45, 7) is 10.5. The van der Waals surface area contributed by atoms with Gasteiger partial charge >= 0.3 is 0 Å². The number of nitrogens with zero attached hydrogens (tertiary/aromatic N) is 5. The number of aromatic nitrogens is 4. The summed E-state index contributed by atoms with van der Waals surface area (Å²) >= 11 is 6.38. The van der Waals surface area contributed by atoms with Gasteiger partial charge in [0.2, 0.25) is 5.95 Å². The molecule has 0 bridgehead atoms. The van der Waals surface area contributed by atoms with Crippen LogP contribution < -0.4 is 10.2 Å². The standard InChI is InChI=1S/C21H25ClN6O/c1-20(2,3)26-19-24-17-16(18(25-19)28-9-21(10-28)11-29-12-21)23-13-27(17)8-14-6-4-5-7-15(14)22/h4-7,13H,8-12H2,1-3H3,(H,24,25,26). The molecule has 2 fully saturated rings. The summed E-state index contributed by atoms with van der Waals surface area (Å²) in [6, 6.07) is 7.87. The highest BCUT2D eigenvalue weighted by Crippen LogP contribution is 2.41. The van der Waals surface area contributed by atoms with E-state index >= 15 is 0 Å². The first-order valence-electron chi connectivity index (χ1n) is 9.89. The van der Waals surface area contributed by atoms with Crippen molar-refractivity contribution >= 4 is 34.5 Å². The van der Waals surface area contributed by atoms with Crippen molar-refractivity contribution in [3.8, 4) is 0 Å². The predicted octanol–water partition coefficient (Wildman–Crippen LogP) is 3.58. The zero-order valence-electron chi connectivity index (χ0n) is 16.9. The number of imidazole rings is 1. The fourth-order valence-electron chi connectivity index (χ4n) is 3.95. The van der Waals surface area contributed by atoms with Crippen molar-refractivity contribution in [1.29, 1.82) is 0 Å². The van der Waals surface area contributed by atoms with Crippen LogP contribution in [0.3, 0.4) is 0 Å². The van der Waals surface area contributed by atoms with Gasteiger partial charge in [-0.2, -0.15) is 9.97 Å². The second kappa shape index (κ2) is 6.57. The maximum atomic E-state index is 6.38. The number of nitrogens with one attached hydrogen (secondary N) is 1. The molecule has 0 atom stereocenters. The normalized spacial score (nSPS) is 18.0. The van der Waals surface area contributed by atoms with Gasteiger partial charge in [-0.3, -0.25) is 0 Å². The molecule has 29 heavy (non-hydrogen) atoms. The minimum Gasteiger partial charge on any atom is -0.380 e. The average molecular weight is 413 g/mol. The van der Waals surface area contributed by atoms with E-state index in [9.17, 15) is 0 Å². The van der Waals surface area contributed by atoms with E-state index in [0.717, 1.165) is 53.9 Å². The summed E-state index contributed by atoms with van der Waals surface area (Å²) in [4.78, 5) is 16.6. The van der Waals surface area contributed by atoms with E-state index in [1.165, 1.54) is 0 Å². The number of fused-ring (bicyclic) bond motifs is 1. The monoisotopic (exact) mass is 412 g/mol. The Hall–Kier alpha value is -2.38. The second-order valence-corrected chi connectivity index (χ2v) is 9.64. The maximum Gasteiger partial charge on any atom is 0.227 e. The lowest BCUT2D eigenvalue weighted by atomic mass is 9.78. The van der Waals surface area contributed by atoms with E-state index in [1.807, 2.05) is 35.2 Å². The molecule has 0 aliphatic carbocycles. The topological polar surface area (TPSA) is 68.1 Å². The Labute approximate surface area is 175 Å². The largest absolute Gasteiger partial charge is 0.380 e. The van der Waals surface area contributed by atoms with Crippen LogP contribution in [0.25, 0.3) is 11.2 Å². The number of ether oxygens (including phenoxy) is 1. The van der Waals surface area contributed by atoms with Gasteiger partial charge in [-0.1, -0.05) is 29.8 Å². The number of hydrogen-bond acceptors (Lipinski definition) is 6. The highest BCUT2D eigenvalue weighted by Gasteiger charge is 2.50. The molecular weight excluding hydrogens is 388 g/mol. The molecule has 2 aromatic heterocycles. The van der Waals surface area contributed by atoms with Crippen LogP contribution in [0.1, 0.15) is 26.3 Å². The van der Waals surface area contributed by atoms with Gasteiger partial charge in [-0.05, 0) is 32.4 Å². The molecule has 1 N–H and O–H groups in total. The van der Waals surface area contributed by atoms with Crippen molar-refractivity contribution in [2.75, 3.05) is 36.5 Å². The van der Waals surface area contributed by atoms with Crippen LogP contribution in [-0.4, -0.2) is 51.4 Å². The quantitative estimate of drug-likeness (QED) is 0.706. The number of benzene rings is 1. The molecule has 1 aromatic carbocycles. The molecule has 4 heterocycles. The molecule has 7 nitrogen and oxygen atoms in total. The molecule has 0 unspecified atom stereocenters. The van der Waals surface area contributed by atoms with E-state index < -0.39 is 0 Å². The molecule has 0 saturated carbocycles. The van der Waals surface area contributed by atoms with Crippen LogP contribution in [0.5, 0.6) is 0 Å². The molecule has 0 amide bonds. The van der Waals surface area contributed by atoms with Crippen LogP contribution in [0.2, 0.25) is 5.02 Å². The molecule has 2 saturated heterocycles. The van der Waals surface area contributed by atoms with E-state index in [1.54, 1.807) is 0 Å². The van der Waals surface area contributed by atoms with Crippen LogP contribution in [0.15, 0.2) is 30.6 Å². The zero-order chi connectivity index (χ0) is 20.2. The first-order valence-corrected chi connectivity index (χ1v) is 10.3. The molecule has 152 valence electrons. The van der Waals surface area contributed by atoms with Crippen LogP contribution in [0.4, 0.5) is 11.8 Å². The van der Waals surface area contributed by atoms with Crippen LogP contribution in [-0.2, 0) is 11.3 Å². The van der Waals surface area contributed by atoms with E-state index in [-0.39, 0.29) is 5.54 Å². The smallest absolute Gasteiger partial charge is 0.227 e. The van der Waals surface area contributed by atoms with Gasteiger partial charge in [-0.25, -0.2) is 4.98 Å². The Morgan fingerprint density at radius 3 is 2.59 bits per heavy atom. The Kier molecular flexibility index (Phi) is 4.22. The van der Waals surface area contributed by atoms with Gasteiger partial charge in [0.05, 0.1) is 31.5 Å². The Bertz CT molecular complexity index is 1060. The molecule has 5 rings (SSSR count). The number of anilines is 2. The van der Waals surface area contributed by atoms with Crippen LogP contribution >= 0.6 is 11.6 Å². The summed E-state index contributed by atoms with van der Waals surface area (Å²) in [7, 11) is 0. The SMILES string of the molecule is CC(C)(C)Nc1nc(N2CC3(COC3)C2)c2ncn(Cc3ccccc3Cl)c2n1. The van der Waals surface area contributed by atoms with Crippen molar-refractivity contribution in [2.24, 2.45) is 5.41 Å². The summed E-state index contributed by atoms with van der Waals surface area (Å²) in [5, 5.41) is 4.16. The molecule has 8 heteroatoms. The van der Waals surface area contributed by atoms with Crippen molar-refractivity contribution in [1.82, 2.24) is 19.5 Å². The second-order valence-electron chi connectivity index (χ2n) is 9.23.